The van der Waals surface area contributed by atoms with Crippen LogP contribution in [0.1, 0.15) is 62.1 Å². The smallest absolute Gasteiger partial charge is 0.122 e. The summed E-state index contributed by atoms with van der Waals surface area (Å²) in [5, 5.41) is 0. The lowest BCUT2D eigenvalue weighted by atomic mass is 9.98. The van der Waals surface area contributed by atoms with Crippen molar-refractivity contribution in [2.75, 3.05) is 6.61 Å². The van der Waals surface area contributed by atoms with Gasteiger partial charge in [-0.3, -0.25) is 0 Å². The largest absolute Gasteiger partial charge is 0.491 e. The number of nitrogens with two attached hydrogens (primary N) is 1. The van der Waals surface area contributed by atoms with E-state index in [1.165, 1.54) is 43.2 Å². The Kier molecular flexibility index (Phi) is 3.43. The fourth-order valence-corrected chi connectivity index (χ4v) is 4.37. The van der Waals surface area contributed by atoms with E-state index >= 15 is 0 Å². The molecule has 1 saturated carbocycles. The van der Waals surface area contributed by atoms with E-state index in [9.17, 15) is 0 Å². The highest BCUT2D eigenvalue weighted by atomic mass is 16.6. The molecule has 3 aliphatic rings. The Morgan fingerprint density at radius 1 is 1.19 bits per heavy atom. The lowest BCUT2D eigenvalue weighted by Gasteiger charge is -2.24. The highest BCUT2D eigenvalue weighted by molar-refractivity contribution is 5.44. The van der Waals surface area contributed by atoms with Crippen LogP contribution in [-0.2, 0) is 11.2 Å². The van der Waals surface area contributed by atoms with Crippen molar-refractivity contribution in [3.63, 3.8) is 0 Å². The van der Waals surface area contributed by atoms with Gasteiger partial charge in [0.2, 0.25) is 0 Å². The molecular formula is C18H25NO2. The Hall–Kier alpha value is -1.06. The summed E-state index contributed by atoms with van der Waals surface area (Å²) in [5.41, 5.74) is 8.92. The van der Waals surface area contributed by atoms with Gasteiger partial charge in [0.25, 0.3) is 0 Å². The van der Waals surface area contributed by atoms with Crippen molar-refractivity contribution in [1.82, 2.24) is 0 Å². The second-order valence-electron chi connectivity index (χ2n) is 6.95. The molecule has 114 valence electrons. The van der Waals surface area contributed by atoms with Gasteiger partial charge in [0.1, 0.15) is 12.4 Å². The summed E-state index contributed by atoms with van der Waals surface area (Å²) in [6.45, 7) is 0.688. The number of benzene rings is 1. The van der Waals surface area contributed by atoms with Crippen LogP contribution in [0.15, 0.2) is 18.2 Å². The molecule has 1 aromatic rings. The number of rotatable bonds is 3. The van der Waals surface area contributed by atoms with Gasteiger partial charge in [0.05, 0.1) is 11.7 Å². The zero-order valence-corrected chi connectivity index (χ0v) is 12.6. The third kappa shape index (κ3) is 2.47. The molecule has 2 fully saturated rings. The summed E-state index contributed by atoms with van der Waals surface area (Å²) in [5.74, 6) is 1.02. The Balaban J connectivity index is 1.40. The van der Waals surface area contributed by atoms with Crippen molar-refractivity contribution < 1.29 is 9.47 Å². The molecule has 0 amide bonds. The standard InChI is InChI=1S/C18H25NO2/c19-16-7-6-15-14(16)4-3-5-17(15)20-12-13-8-11-18(21-13)9-1-2-10-18/h3-5,13,16H,1-2,6-12,19H2. The highest BCUT2D eigenvalue weighted by Gasteiger charge is 2.42. The molecule has 1 saturated heterocycles. The second-order valence-corrected chi connectivity index (χ2v) is 6.95. The minimum atomic E-state index is 0.188. The summed E-state index contributed by atoms with van der Waals surface area (Å²) in [6, 6.07) is 6.47. The number of hydrogen-bond donors (Lipinski definition) is 1. The Morgan fingerprint density at radius 2 is 2.05 bits per heavy atom. The normalized spacial score (nSPS) is 30.0. The molecule has 1 aromatic carbocycles. The maximum absolute atomic E-state index is 6.32. The topological polar surface area (TPSA) is 44.5 Å². The molecular weight excluding hydrogens is 262 g/mol. The van der Waals surface area contributed by atoms with Crippen LogP contribution in [0.2, 0.25) is 0 Å². The van der Waals surface area contributed by atoms with Crippen molar-refractivity contribution in [1.29, 1.82) is 0 Å². The highest BCUT2D eigenvalue weighted by Crippen LogP contribution is 2.43. The fourth-order valence-electron chi connectivity index (χ4n) is 4.37. The molecule has 1 spiro atoms. The molecule has 2 aliphatic carbocycles. The molecule has 2 atom stereocenters. The van der Waals surface area contributed by atoms with E-state index in [1.54, 1.807) is 0 Å². The Labute approximate surface area is 126 Å². The van der Waals surface area contributed by atoms with E-state index < -0.39 is 0 Å². The Bertz CT molecular complexity index is 522. The first-order chi connectivity index (χ1) is 10.3. The van der Waals surface area contributed by atoms with Crippen molar-refractivity contribution in [2.45, 2.75) is 69.1 Å². The van der Waals surface area contributed by atoms with Crippen LogP contribution in [0.3, 0.4) is 0 Å². The fraction of sp³-hybridized carbons (Fsp3) is 0.667. The van der Waals surface area contributed by atoms with E-state index in [0.29, 0.717) is 6.61 Å². The maximum Gasteiger partial charge on any atom is 0.122 e. The van der Waals surface area contributed by atoms with Crippen LogP contribution >= 0.6 is 0 Å². The van der Waals surface area contributed by atoms with Gasteiger partial charge in [0, 0.05) is 6.04 Å². The third-order valence-corrected chi connectivity index (χ3v) is 5.55. The van der Waals surface area contributed by atoms with Crippen molar-refractivity contribution in [3.05, 3.63) is 29.3 Å². The predicted octanol–water partition coefficient (Wildman–Crippen LogP) is 3.50. The summed E-state index contributed by atoms with van der Waals surface area (Å²) in [6.07, 6.45) is 9.89. The van der Waals surface area contributed by atoms with Gasteiger partial charge in [-0.2, -0.15) is 0 Å². The first-order valence-electron chi connectivity index (χ1n) is 8.44. The average molecular weight is 287 g/mol. The van der Waals surface area contributed by atoms with Crippen molar-refractivity contribution >= 4 is 0 Å². The van der Waals surface area contributed by atoms with E-state index in [2.05, 4.69) is 18.2 Å². The average Bonchev–Trinajstić information content (AvgIpc) is 3.21. The van der Waals surface area contributed by atoms with Gasteiger partial charge in [-0.05, 0) is 55.7 Å². The lowest BCUT2D eigenvalue weighted by Crippen LogP contribution is -2.27. The molecule has 2 unspecified atom stereocenters. The molecule has 0 bridgehead atoms. The van der Waals surface area contributed by atoms with Crippen LogP contribution in [0.5, 0.6) is 5.75 Å². The van der Waals surface area contributed by atoms with Crippen LogP contribution in [0.4, 0.5) is 0 Å². The van der Waals surface area contributed by atoms with E-state index in [-0.39, 0.29) is 17.7 Å². The monoisotopic (exact) mass is 287 g/mol. The van der Waals surface area contributed by atoms with Crippen LogP contribution in [-0.4, -0.2) is 18.3 Å². The van der Waals surface area contributed by atoms with E-state index in [1.807, 2.05) is 0 Å². The molecule has 4 rings (SSSR count). The summed E-state index contributed by atoms with van der Waals surface area (Å²) >= 11 is 0. The zero-order chi connectivity index (χ0) is 14.3. The minimum Gasteiger partial charge on any atom is -0.491 e. The second kappa shape index (κ2) is 5.29. The zero-order valence-electron chi connectivity index (χ0n) is 12.6. The van der Waals surface area contributed by atoms with Crippen LogP contribution < -0.4 is 10.5 Å². The SMILES string of the molecule is NC1CCc2c(OCC3CCC4(CCCC4)O3)cccc21. The van der Waals surface area contributed by atoms with Gasteiger partial charge in [-0.25, -0.2) is 0 Å². The minimum absolute atomic E-state index is 0.188. The summed E-state index contributed by atoms with van der Waals surface area (Å²) in [4.78, 5) is 0. The van der Waals surface area contributed by atoms with Gasteiger partial charge in [-0.15, -0.1) is 0 Å². The van der Waals surface area contributed by atoms with Crippen molar-refractivity contribution in [3.8, 4) is 5.75 Å². The maximum atomic E-state index is 6.32. The quantitative estimate of drug-likeness (QED) is 0.925. The van der Waals surface area contributed by atoms with Gasteiger partial charge in [0.15, 0.2) is 0 Å². The third-order valence-electron chi connectivity index (χ3n) is 5.55. The van der Waals surface area contributed by atoms with E-state index in [4.69, 9.17) is 15.2 Å². The molecule has 0 radical (unpaired) electrons. The van der Waals surface area contributed by atoms with Gasteiger partial charge in [-0.1, -0.05) is 25.0 Å². The predicted molar refractivity (Wildman–Crippen MR) is 82.5 cm³/mol. The van der Waals surface area contributed by atoms with Gasteiger partial charge < -0.3 is 15.2 Å². The molecule has 1 heterocycles. The number of hydrogen-bond acceptors (Lipinski definition) is 3. The van der Waals surface area contributed by atoms with Crippen LogP contribution in [0, 0.1) is 0 Å². The lowest BCUT2D eigenvalue weighted by molar-refractivity contribution is -0.0509. The van der Waals surface area contributed by atoms with Crippen LogP contribution in [0.25, 0.3) is 0 Å². The van der Waals surface area contributed by atoms with E-state index in [0.717, 1.165) is 25.0 Å². The molecule has 2 N–H and O–H groups in total. The molecule has 3 heteroatoms. The molecule has 1 aliphatic heterocycles. The number of ether oxygens (including phenoxy) is 2. The molecule has 0 aromatic heterocycles. The molecule has 21 heavy (non-hydrogen) atoms. The first-order valence-corrected chi connectivity index (χ1v) is 8.44. The van der Waals surface area contributed by atoms with Crippen molar-refractivity contribution in [2.24, 2.45) is 5.73 Å². The molecule has 3 nitrogen and oxygen atoms in total. The van der Waals surface area contributed by atoms with Gasteiger partial charge >= 0.3 is 0 Å². The summed E-state index contributed by atoms with van der Waals surface area (Å²) in [7, 11) is 0. The summed E-state index contributed by atoms with van der Waals surface area (Å²) < 4.78 is 12.4. The first kappa shape index (κ1) is 13.6. The Morgan fingerprint density at radius 3 is 2.90 bits per heavy atom. The number of fused-ring (bicyclic) bond motifs is 1.